The maximum absolute atomic E-state index is 12.0. The van der Waals surface area contributed by atoms with Crippen molar-refractivity contribution in [2.75, 3.05) is 13.1 Å². The number of oxazole rings is 1. The lowest BCUT2D eigenvalue weighted by atomic mass is 10.3. The Kier molecular flexibility index (Phi) is 2.68. The molecule has 1 amide bonds. The zero-order valence-electron chi connectivity index (χ0n) is 9.26. The van der Waals surface area contributed by atoms with Crippen LogP contribution in [0.15, 0.2) is 27.4 Å². The topological polar surface area (TPSA) is 46.3 Å². The summed E-state index contributed by atoms with van der Waals surface area (Å²) in [6, 6.07) is 1.95. The molecule has 2 aromatic rings. The Morgan fingerprint density at radius 2 is 2.24 bits per heavy atom. The molecule has 0 spiro atoms. The van der Waals surface area contributed by atoms with E-state index in [2.05, 4.69) is 4.98 Å². The first-order valence-electron chi connectivity index (χ1n) is 5.62. The van der Waals surface area contributed by atoms with Crippen LogP contribution in [0.1, 0.15) is 23.5 Å². The van der Waals surface area contributed by atoms with E-state index in [0.29, 0.717) is 5.76 Å². The molecule has 0 atom stereocenters. The van der Waals surface area contributed by atoms with Gasteiger partial charge in [0.25, 0.3) is 5.89 Å². The van der Waals surface area contributed by atoms with Gasteiger partial charge in [-0.2, -0.15) is 11.3 Å². The Balaban J connectivity index is 1.82. The van der Waals surface area contributed by atoms with Gasteiger partial charge >= 0.3 is 5.91 Å². The van der Waals surface area contributed by atoms with Gasteiger partial charge in [-0.1, -0.05) is 0 Å². The molecule has 1 fully saturated rings. The second-order valence-electron chi connectivity index (χ2n) is 4.04. The van der Waals surface area contributed by atoms with E-state index in [1.807, 2.05) is 16.8 Å². The highest BCUT2D eigenvalue weighted by Gasteiger charge is 2.23. The summed E-state index contributed by atoms with van der Waals surface area (Å²) >= 11 is 1.59. The molecule has 2 aromatic heterocycles. The van der Waals surface area contributed by atoms with E-state index in [1.54, 1.807) is 22.4 Å². The lowest BCUT2D eigenvalue weighted by molar-refractivity contribution is 0.0754. The van der Waals surface area contributed by atoms with E-state index in [1.165, 1.54) is 0 Å². The second-order valence-corrected chi connectivity index (χ2v) is 4.82. The van der Waals surface area contributed by atoms with Crippen LogP contribution in [0.3, 0.4) is 0 Å². The molecule has 1 aliphatic rings. The highest BCUT2D eigenvalue weighted by Crippen LogP contribution is 2.23. The largest absolute Gasteiger partial charge is 0.432 e. The fourth-order valence-corrected chi connectivity index (χ4v) is 2.61. The lowest BCUT2D eigenvalue weighted by Gasteiger charge is -2.11. The molecule has 17 heavy (non-hydrogen) atoms. The van der Waals surface area contributed by atoms with Crippen molar-refractivity contribution in [2.24, 2.45) is 0 Å². The van der Waals surface area contributed by atoms with E-state index in [4.69, 9.17) is 4.42 Å². The molecule has 0 unspecified atom stereocenters. The molecule has 0 aliphatic carbocycles. The molecule has 3 heterocycles. The fourth-order valence-electron chi connectivity index (χ4n) is 1.97. The molecule has 0 bridgehead atoms. The first kappa shape index (κ1) is 10.5. The van der Waals surface area contributed by atoms with Gasteiger partial charge in [0.2, 0.25) is 0 Å². The number of carbonyl (C=O) groups excluding carboxylic acids is 1. The number of nitrogens with zero attached hydrogens (tertiary/aromatic N) is 2. The van der Waals surface area contributed by atoms with Crippen LogP contribution < -0.4 is 0 Å². The molecule has 5 heteroatoms. The minimum absolute atomic E-state index is 0.0935. The van der Waals surface area contributed by atoms with Gasteiger partial charge in [-0.3, -0.25) is 4.79 Å². The van der Waals surface area contributed by atoms with Crippen molar-refractivity contribution in [3.05, 3.63) is 28.9 Å². The summed E-state index contributed by atoms with van der Waals surface area (Å²) in [4.78, 5) is 17.9. The van der Waals surface area contributed by atoms with Gasteiger partial charge in [-0.05, 0) is 24.3 Å². The Labute approximate surface area is 103 Å². The average Bonchev–Trinajstić information content (AvgIpc) is 3.09. The van der Waals surface area contributed by atoms with E-state index >= 15 is 0 Å². The SMILES string of the molecule is O=C(c1ncc(-c2ccsc2)o1)N1CCCC1. The second kappa shape index (κ2) is 4.33. The van der Waals surface area contributed by atoms with Gasteiger partial charge in [0, 0.05) is 24.0 Å². The number of likely N-dealkylation sites (tertiary alicyclic amines) is 1. The molecule has 88 valence electrons. The Bertz CT molecular complexity index is 512. The maximum Gasteiger partial charge on any atom is 0.309 e. The van der Waals surface area contributed by atoms with Crippen molar-refractivity contribution in [1.29, 1.82) is 0 Å². The van der Waals surface area contributed by atoms with Crippen molar-refractivity contribution in [2.45, 2.75) is 12.8 Å². The van der Waals surface area contributed by atoms with Crippen molar-refractivity contribution in [3.63, 3.8) is 0 Å². The van der Waals surface area contributed by atoms with Crippen LogP contribution in [0.25, 0.3) is 11.3 Å². The van der Waals surface area contributed by atoms with Crippen LogP contribution in [-0.2, 0) is 0 Å². The third-order valence-electron chi connectivity index (χ3n) is 2.89. The van der Waals surface area contributed by atoms with Gasteiger partial charge in [0.1, 0.15) is 0 Å². The molecule has 1 saturated heterocycles. The van der Waals surface area contributed by atoms with E-state index in [0.717, 1.165) is 31.5 Å². The number of hydrogen-bond acceptors (Lipinski definition) is 4. The zero-order chi connectivity index (χ0) is 11.7. The quantitative estimate of drug-likeness (QED) is 0.820. The van der Waals surface area contributed by atoms with Gasteiger partial charge in [0.15, 0.2) is 5.76 Å². The molecular formula is C12H12N2O2S. The Morgan fingerprint density at radius 3 is 2.94 bits per heavy atom. The summed E-state index contributed by atoms with van der Waals surface area (Å²) in [6.45, 7) is 1.63. The first-order chi connectivity index (χ1) is 8.34. The minimum atomic E-state index is -0.0935. The Morgan fingerprint density at radius 1 is 1.41 bits per heavy atom. The number of rotatable bonds is 2. The standard InChI is InChI=1S/C12H12N2O2S/c15-12(14-4-1-2-5-14)11-13-7-10(16-11)9-3-6-17-8-9/h3,6-8H,1-2,4-5H2. The molecular weight excluding hydrogens is 236 g/mol. The molecule has 1 aliphatic heterocycles. The van der Waals surface area contributed by atoms with Crippen molar-refractivity contribution in [1.82, 2.24) is 9.88 Å². The number of amides is 1. The van der Waals surface area contributed by atoms with Crippen LogP contribution in [0.5, 0.6) is 0 Å². The Hall–Kier alpha value is -1.62. The van der Waals surface area contributed by atoms with Crippen molar-refractivity contribution < 1.29 is 9.21 Å². The number of hydrogen-bond donors (Lipinski definition) is 0. The van der Waals surface area contributed by atoms with E-state index in [9.17, 15) is 4.79 Å². The predicted molar refractivity (Wildman–Crippen MR) is 65.0 cm³/mol. The molecule has 4 nitrogen and oxygen atoms in total. The predicted octanol–water partition coefficient (Wildman–Crippen LogP) is 2.64. The third kappa shape index (κ3) is 1.98. The van der Waals surface area contributed by atoms with Crippen LogP contribution >= 0.6 is 11.3 Å². The molecule has 3 rings (SSSR count). The third-order valence-corrected chi connectivity index (χ3v) is 3.57. The van der Waals surface area contributed by atoms with Gasteiger partial charge < -0.3 is 9.32 Å². The van der Waals surface area contributed by atoms with Crippen LogP contribution in [0.4, 0.5) is 0 Å². The van der Waals surface area contributed by atoms with Crippen molar-refractivity contribution in [3.8, 4) is 11.3 Å². The average molecular weight is 248 g/mol. The summed E-state index contributed by atoms with van der Waals surface area (Å²) in [5.41, 5.74) is 0.975. The van der Waals surface area contributed by atoms with Gasteiger partial charge in [-0.25, -0.2) is 4.98 Å². The summed E-state index contributed by atoms with van der Waals surface area (Å²) in [5, 5.41) is 3.95. The monoisotopic (exact) mass is 248 g/mol. The molecule has 0 N–H and O–H groups in total. The lowest BCUT2D eigenvalue weighted by Crippen LogP contribution is -2.27. The van der Waals surface area contributed by atoms with Gasteiger partial charge in [-0.15, -0.1) is 0 Å². The zero-order valence-corrected chi connectivity index (χ0v) is 10.1. The highest BCUT2D eigenvalue weighted by atomic mass is 32.1. The summed E-state index contributed by atoms with van der Waals surface area (Å²) in [6.07, 6.45) is 3.76. The van der Waals surface area contributed by atoms with Gasteiger partial charge in [0.05, 0.1) is 6.20 Å². The maximum atomic E-state index is 12.0. The number of aromatic nitrogens is 1. The molecule has 0 saturated carbocycles. The van der Waals surface area contributed by atoms with Crippen LogP contribution in [0.2, 0.25) is 0 Å². The van der Waals surface area contributed by atoms with Crippen molar-refractivity contribution >= 4 is 17.2 Å². The van der Waals surface area contributed by atoms with Crippen LogP contribution in [-0.4, -0.2) is 28.9 Å². The minimum Gasteiger partial charge on any atom is -0.432 e. The smallest absolute Gasteiger partial charge is 0.309 e. The first-order valence-corrected chi connectivity index (χ1v) is 6.56. The highest BCUT2D eigenvalue weighted by molar-refractivity contribution is 7.08. The van der Waals surface area contributed by atoms with E-state index in [-0.39, 0.29) is 11.8 Å². The summed E-state index contributed by atoms with van der Waals surface area (Å²) in [5.74, 6) is 0.769. The molecule has 0 radical (unpaired) electrons. The number of carbonyl (C=O) groups is 1. The van der Waals surface area contributed by atoms with Crippen LogP contribution in [0, 0.1) is 0 Å². The van der Waals surface area contributed by atoms with E-state index < -0.39 is 0 Å². The molecule has 0 aromatic carbocycles. The fraction of sp³-hybridized carbons (Fsp3) is 0.333. The normalized spacial score (nSPS) is 15.4. The number of thiophene rings is 1. The summed E-state index contributed by atoms with van der Waals surface area (Å²) in [7, 11) is 0. The summed E-state index contributed by atoms with van der Waals surface area (Å²) < 4.78 is 5.51.